The molecule has 0 unspecified atom stereocenters. The second-order valence-electron chi connectivity index (χ2n) is 18.0. The molecule has 3 rings (SSSR count). The summed E-state index contributed by atoms with van der Waals surface area (Å²) in [6, 6.07) is 4.57. The van der Waals surface area contributed by atoms with Gasteiger partial charge in [0.1, 0.15) is 48.5 Å². The molecule has 11 N–H and O–H groups in total. The number of carbonyl (C=O) groups excluding carboxylic acids is 8. The van der Waals surface area contributed by atoms with Gasteiger partial charge in [0, 0.05) is 55.5 Å². The Labute approximate surface area is 429 Å². The first kappa shape index (κ1) is 58.3. The molecule has 0 fully saturated rings. The topological polar surface area (TPSA) is 338 Å². The maximum atomic E-state index is 15.3. The zero-order chi connectivity index (χ0) is 55.6. The van der Waals surface area contributed by atoms with E-state index in [9.17, 15) is 62.5 Å². The number of benzene rings is 2. The maximum absolute atomic E-state index is 15.3. The number of hydrogen-bond acceptors (Lipinski definition) is 11. The van der Waals surface area contributed by atoms with Gasteiger partial charge in [0.15, 0.2) is 1.41 Å². The van der Waals surface area contributed by atoms with Gasteiger partial charge in [-0.05, 0) is 61.9 Å². The number of carboxylic acids is 2. The predicted molar refractivity (Wildman–Crippen MR) is 262 cm³/mol. The van der Waals surface area contributed by atoms with Crippen LogP contribution in [0.4, 0.5) is 8.78 Å². The molecule has 8 amide bonds. The summed E-state index contributed by atoms with van der Waals surface area (Å²) in [4.78, 5) is 129. The maximum Gasteiger partial charge on any atom is 0.326 e. The van der Waals surface area contributed by atoms with Crippen LogP contribution < -0.4 is 37.6 Å². The molecule has 0 aliphatic carbocycles. The molecule has 0 aliphatic rings. The lowest BCUT2D eigenvalue weighted by Crippen LogP contribution is -2.58. The van der Waals surface area contributed by atoms with Crippen LogP contribution >= 0.6 is 15.9 Å². The van der Waals surface area contributed by atoms with Crippen molar-refractivity contribution in [3.63, 3.8) is 0 Å². The summed E-state index contributed by atoms with van der Waals surface area (Å²) >= 11 is 2.90. The molecule has 0 aliphatic heterocycles. The third kappa shape index (κ3) is 19.0. The van der Waals surface area contributed by atoms with E-state index in [1.165, 1.54) is 18.7 Å². The monoisotopic (exact) mass is 1090 g/mol. The molecular formula is C48H62BrF2N9O13. The highest BCUT2D eigenvalue weighted by atomic mass is 79.9. The second-order valence-corrected chi connectivity index (χ2v) is 18.5. The van der Waals surface area contributed by atoms with Gasteiger partial charge in [-0.25, -0.2) is 13.6 Å². The number of nitrogens with two attached hydrogens (primary N) is 1. The average molecular weight is 1090 g/mol. The first-order chi connectivity index (χ1) is 34.7. The van der Waals surface area contributed by atoms with E-state index in [2.05, 4.69) is 42.5 Å². The highest BCUT2D eigenvalue weighted by Gasteiger charge is 2.39. The zero-order valence-corrected chi connectivity index (χ0v) is 42.4. The molecule has 398 valence electrons. The molecule has 3 aromatic rings. The highest BCUT2D eigenvalue weighted by molar-refractivity contribution is 9.09. The number of alkyl halides is 1. The number of primary amides is 1. The van der Waals surface area contributed by atoms with E-state index in [0.29, 0.717) is 11.0 Å². The Morgan fingerprint density at radius 1 is 0.795 bits per heavy atom. The summed E-state index contributed by atoms with van der Waals surface area (Å²) in [5.41, 5.74) is 5.81. The van der Waals surface area contributed by atoms with Crippen molar-refractivity contribution in [3.8, 4) is 11.1 Å². The van der Waals surface area contributed by atoms with Crippen LogP contribution in [-0.2, 0) is 54.5 Å². The fraction of sp³-hybridized carbons (Fsp3) is 0.458. The fourth-order valence-corrected chi connectivity index (χ4v) is 7.68. The van der Waals surface area contributed by atoms with Crippen LogP contribution in [0.2, 0.25) is 1.41 Å². The van der Waals surface area contributed by atoms with Crippen molar-refractivity contribution in [2.24, 2.45) is 11.1 Å². The standard InChI is InChI=1S/C48H62BrF2N9O13/c1-26(54-39(64)22-49)43(68)55-27(2)44(69)58-35(21-37(52)62)46(71)57-33(45(70)53-17-15-38(63)56-34(47(72)73)13-14-41(66)67)16-18-60(40(65)25-61)42(48(3,4)5)36-19-29(31-20-30(50)11-12-32(31)51)24-59(36)23-28-9-7-6-8-10-28/h6-12,19-20,24,26-27,33-35,42,61H,13-18,21-23,25H2,1-5H3,(H2,52,62)(H,53,70)(H,54,64)(H,55,68)(H,56,63)(H,57,71)(H,58,69)(H,66,67)(H,72,73)/t26-,27-,33-,34+,35-,42-/m0/s1/i/hD. The number of aliphatic hydroxyl groups is 1. The lowest BCUT2D eigenvalue weighted by Gasteiger charge is -2.41. The molecule has 6 atom stereocenters. The molecule has 0 saturated heterocycles. The van der Waals surface area contributed by atoms with Gasteiger partial charge in [0.2, 0.25) is 47.3 Å². The predicted octanol–water partition coefficient (Wildman–Crippen LogP) is 0.970. The molecule has 25 heteroatoms. The van der Waals surface area contributed by atoms with Crippen molar-refractivity contribution < 1.29 is 73.5 Å². The number of hydrogen-bond donors (Lipinski definition) is 10. The van der Waals surface area contributed by atoms with E-state index < -0.39 is 164 Å². The smallest absolute Gasteiger partial charge is 0.326 e. The minimum absolute atomic E-state index is 0.0946. The molecule has 1 heterocycles. The van der Waals surface area contributed by atoms with E-state index in [1.54, 1.807) is 55.8 Å². The van der Waals surface area contributed by atoms with Crippen LogP contribution in [0.3, 0.4) is 0 Å². The molecular weight excluding hydrogens is 1030 g/mol. The van der Waals surface area contributed by atoms with Gasteiger partial charge >= 0.3 is 11.9 Å². The number of halogens is 3. The molecule has 73 heavy (non-hydrogen) atoms. The Kier molecular flexibility index (Phi) is 22.4. The quantitative estimate of drug-likeness (QED) is 0.0454. The van der Waals surface area contributed by atoms with Gasteiger partial charge in [0.25, 0.3) is 0 Å². The number of aromatic nitrogens is 1. The van der Waals surface area contributed by atoms with Gasteiger partial charge in [-0.2, -0.15) is 0 Å². The number of aliphatic carboxylic acids is 2. The van der Waals surface area contributed by atoms with Gasteiger partial charge in [0.05, 0.1) is 17.8 Å². The lowest BCUT2D eigenvalue weighted by atomic mass is 9.82. The van der Waals surface area contributed by atoms with Crippen LogP contribution in [-0.4, -0.2) is 139 Å². The van der Waals surface area contributed by atoms with E-state index in [4.69, 9.17) is 12.3 Å². The molecule has 0 spiro atoms. The summed E-state index contributed by atoms with van der Waals surface area (Å²) in [7, 11) is 0. The first-order valence-electron chi connectivity index (χ1n) is 23.3. The van der Waals surface area contributed by atoms with Gasteiger partial charge in [-0.1, -0.05) is 67.0 Å². The van der Waals surface area contributed by atoms with Crippen molar-refractivity contribution in [1.82, 2.24) is 41.4 Å². The average Bonchev–Trinajstić information content (AvgIpc) is 3.74. The van der Waals surface area contributed by atoms with Gasteiger partial charge in [-0.15, -0.1) is 0 Å². The van der Waals surface area contributed by atoms with Crippen LogP contribution in [0.15, 0.2) is 60.8 Å². The number of nitrogens with zero attached hydrogens (tertiary/aromatic N) is 2. The number of nitrogens with one attached hydrogen (secondary N) is 6. The third-order valence-electron chi connectivity index (χ3n) is 11.1. The van der Waals surface area contributed by atoms with Gasteiger partial charge < -0.3 is 62.4 Å². The third-order valence-corrected chi connectivity index (χ3v) is 11.6. The molecule has 22 nitrogen and oxygen atoms in total. The Bertz CT molecular complexity index is 2530. The first-order valence-corrected chi connectivity index (χ1v) is 24.0. The molecule has 1 aromatic heterocycles. The number of aliphatic hydroxyl groups excluding tert-OH is 1. The summed E-state index contributed by atoms with van der Waals surface area (Å²) in [5, 5.41) is 40.6. The van der Waals surface area contributed by atoms with Crippen molar-refractivity contribution in [2.45, 2.75) is 110 Å². The summed E-state index contributed by atoms with van der Waals surface area (Å²) < 4.78 is 39.5. The van der Waals surface area contributed by atoms with Crippen molar-refractivity contribution in [1.29, 1.82) is 0 Å². The van der Waals surface area contributed by atoms with Crippen LogP contribution in [0.1, 0.15) is 84.0 Å². The Hall–Kier alpha value is -7.28. The number of rotatable bonds is 28. The largest absolute Gasteiger partial charge is 0.481 e. The minimum atomic E-state index is -1.82. The van der Waals surface area contributed by atoms with Crippen LogP contribution in [0, 0.1) is 17.0 Å². The summed E-state index contributed by atoms with van der Waals surface area (Å²) in [5.74, 6) is -12.1. The van der Waals surface area contributed by atoms with Crippen molar-refractivity contribution in [2.75, 3.05) is 25.0 Å². The Morgan fingerprint density at radius 3 is 2.03 bits per heavy atom. The van der Waals surface area contributed by atoms with Crippen LogP contribution in [0.5, 0.6) is 0 Å². The van der Waals surface area contributed by atoms with Gasteiger partial charge in [-0.3, -0.25) is 43.2 Å². The molecule has 0 radical (unpaired) electrons. The highest BCUT2D eigenvalue weighted by Crippen LogP contribution is 2.41. The zero-order valence-electron chi connectivity index (χ0n) is 41.8. The Morgan fingerprint density at radius 2 is 1.44 bits per heavy atom. The fourth-order valence-electron chi connectivity index (χ4n) is 7.54. The Balaban J connectivity index is 2.07. The van der Waals surface area contributed by atoms with Crippen molar-refractivity contribution >= 4 is 75.1 Å². The van der Waals surface area contributed by atoms with E-state index in [1.807, 2.05) is 12.1 Å². The summed E-state index contributed by atoms with van der Waals surface area (Å²) in [6.07, 6.45) is -1.35. The lowest BCUT2D eigenvalue weighted by molar-refractivity contribution is -0.143. The minimum Gasteiger partial charge on any atom is -0.481 e. The number of carboxylic acid groups (broad SMARTS) is 2. The summed E-state index contributed by atoms with van der Waals surface area (Å²) in [6.45, 7) is 5.87. The van der Waals surface area contributed by atoms with E-state index in [-0.39, 0.29) is 23.0 Å². The SMILES string of the molecule is [2H]N(C(=O)CBr)[C@@H](C)C(=O)N[C@@H](C)C(=O)N[C@@H](CC(N)=O)C(=O)N[C@@H](CCN(C(=O)CO)[C@@H](c1cc(-c2cc(F)ccc2F)cn1Cc1ccccc1)C(C)(C)C)C(=O)NCCC(=O)N[C@H](CCC(=O)O)C(=O)O. The van der Waals surface area contributed by atoms with Crippen LogP contribution in [0.25, 0.3) is 11.1 Å². The molecule has 2 aromatic carbocycles. The molecule has 0 saturated carbocycles. The molecule has 0 bridgehead atoms. The number of carbonyl (C=O) groups is 10. The number of amides is 8. The van der Waals surface area contributed by atoms with E-state index >= 15 is 4.39 Å². The van der Waals surface area contributed by atoms with E-state index in [0.717, 1.165) is 23.8 Å². The second kappa shape index (κ2) is 28.1. The normalized spacial score (nSPS) is 13.8. The van der Waals surface area contributed by atoms with Crippen molar-refractivity contribution in [3.05, 3.63) is 83.7 Å².